The van der Waals surface area contributed by atoms with Crippen LogP contribution in [0.2, 0.25) is 0 Å². The van der Waals surface area contributed by atoms with Crippen LogP contribution < -0.4 is 10.6 Å². The summed E-state index contributed by atoms with van der Waals surface area (Å²) in [4.78, 5) is 38.5. The Kier molecular flexibility index (Phi) is 4.82. The van der Waals surface area contributed by atoms with Crippen LogP contribution in [0.15, 0.2) is 0 Å². The first-order valence-corrected chi connectivity index (χ1v) is 9.65. The predicted molar refractivity (Wildman–Crippen MR) is 94.8 cm³/mol. The zero-order valence-electron chi connectivity index (χ0n) is 15.7. The Morgan fingerprint density at radius 3 is 2.32 bits per heavy atom. The van der Waals surface area contributed by atoms with Crippen LogP contribution in [0.4, 0.5) is 4.79 Å². The lowest BCUT2D eigenvalue weighted by Gasteiger charge is -2.40. The molecule has 3 rings (SSSR count). The van der Waals surface area contributed by atoms with Gasteiger partial charge in [0, 0.05) is 6.04 Å². The first-order chi connectivity index (χ1) is 11.7. The molecule has 6 nitrogen and oxygen atoms in total. The molecule has 0 unspecified atom stereocenters. The molecule has 2 saturated carbocycles. The van der Waals surface area contributed by atoms with Crippen molar-refractivity contribution in [2.75, 3.05) is 6.54 Å². The summed E-state index contributed by atoms with van der Waals surface area (Å²) in [7, 11) is 0. The van der Waals surface area contributed by atoms with Gasteiger partial charge in [0.2, 0.25) is 5.91 Å². The van der Waals surface area contributed by atoms with Gasteiger partial charge in [-0.25, -0.2) is 4.79 Å². The topological polar surface area (TPSA) is 78.5 Å². The Balaban J connectivity index is 1.59. The number of urea groups is 1. The van der Waals surface area contributed by atoms with E-state index in [0.717, 1.165) is 43.4 Å². The highest BCUT2D eigenvalue weighted by molar-refractivity contribution is 6.09. The molecular formula is C19H31N3O3. The number of nitrogens with zero attached hydrogens (tertiary/aromatic N) is 1. The van der Waals surface area contributed by atoms with Gasteiger partial charge in [-0.05, 0) is 49.9 Å². The van der Waals surface area contributed by atoms with Gasteiger partial charge < -0.3 is 10.6 Å². The molecule has 0 aromatic heterocycles. The van der Waals surface area contributed by atoms with Crippen LogP contribution in [0.25, 0.3) is 0 Å². The lowest BCUT2D eigenvalue weighted by Crippen LogP contribution is -2.51. The molecule has 1 aliphatic heterocycles. The van der Waals surface area contributed by atoms with Gasteiger partial charge in [0.15, 0.2) is 0 Å². The van der Waals surface area contributed by atoms with E-state index in [1.807, 2.05) is 0 Å². The molecule has 0 bridgehead atoms. The lowest BCUT2D eigenvalue weighted by molar-refractivity contribution is -0.136. The molecule has 2 aliphatic carbocycles. The fourth-order valence-corrected chi connectivity index (χ4v) is 4.62. The quantitative estimate of drug-likeness (QED) is 0.769. The molecule has 0 atom stereocenters. The van der Waals surface area contributed by atoms with Crippen LogP contribution in [0.1, 0.15) is 72.1 Å². The van der Waals surface area contributed by atoms with Crippen LogP contribution in [-0.2, 0) is 9.59 Å². The molecule has 4 amide bonds. The number of carbonyl (C=O) groups is 3. The van der Waals surface area contributed by atoms with Crippen LogP contribution in [-0.4, -0.2) is 40.9 Å². The number of imide groups is 1. The van der Waals surface area contributed by atoms with Crippen molar-refractivity contribution in [2.45, 2.75) is 83.7 Å². The monoisotopic (exact) mass is 349 g/mol. The molecule has 25 heavy (non-hydrogen) atoms. The number of nitrogens with one attached hydrogen (secondary N) is 2. The second kappa shape index (κ2) is 6.61. The van der Waals surface area contributed by atoms with Crippen LogP contribution >= 0.6 is 0 Å². The van der Waals surface area contributed by atoms with Gasteiger partial charge in [-0.15, -0.1) is 0 Å². The highest BCUT2D eigenvalue weighted by atomic mass is 16.2. The minimum Gasteiger partial charge on any atom is -0.352 e. The van der Waals surface area contributed by atoms with E-state index < -0.39 is 11.6 Å². The van der Waals surface area contributed by atoms with E-state index in [2.05, 4.69) is 31.4 Å². The zero-order chi connectivity index (χ0) is 18.2. The number of carbonyl (C=O) groups excluding carboxylic acids is 3. The van der Waals surface area contributed by atoms with E-state index in [9.17, 15) is 14.4 Å². The van der Waals surface area contributed by atoms with Gasteiger partial charge in [0.25, 0.3) is 5.91 Å². The highest BCUT2D eigenvalue weighted by Gasteiger charge is 2.53. The van der Waals surface area contributed by atoms with E-state index in [4.69, 9.17) is 0 Å². The summed E-state index contributed by atoms with van der Waals surface area (Å²) < 4.78 is 0. The molecule has 1 saturated heterocycles. The van der Waals surface area contributed by atoms with Crippen molar-refractivity contribution < 1.29 is 14.4 Å². The summed E-state index contributed by atoms with van der Waals surface area (Å²) in [5.41, 5.74) is -0.569. The van der Waals surface area contributed by atoms with Crippen molar-refractivity contribution in [3.8, 4) is 0 Å². The Bertz CT molecular complexity index is 553. The second-order valence-corrected chi connectivity index (χ2v) is 9.09. The summed E-state index contributed by atoms with van der Waals surface area (Å²) in [6.45, 7) is 6.52. The smallest absolute Gasteiger partial charge is 0.325 e. The maximum Gasteiger partial charge on any atom is 0.325 e. The third kappa shape index (κ3) is 3.67. The average Bonchev–Trinajstić information content (AvgIpc) is 3.10. The standard InChI is InChI=1S/C19H31N3O3/c1-18(2,3)13-8-10-19(11-9-13)16(24)22(17(25)21-19)12-15(23)20-14-6-4-5-7-14/h13-14H,4-12H2,1-3H3,(H,20,23)(H,21,25). The summed E-state index contributed by atoms with van der Waals surface area (Å²) in [5.74, 6) is 0.116. The minimum absolute atomic E-state index is 0.161. The van der Waals surface area contributed by atoms with Gasteiger partial charge >= 0.3 is 6.03 Å². The number of hydrogen-bond acceptors (Lipinski definition) is 3. The Morgan fingerprint density at radius 2 is 1.76 bits per heavy atom. The van der Waals surface area contributed by atoms with Gasteiger partial charge in [0.1, 0.15) is 12.1 Å². The van der Waals surface area contributed by atoms with E-state index in [-0.39, 0.29) is 29.8 Å². The Hall–Kier alpha value is -1.59. The maximum absolute atomic E-state index is 12.9. The lowest BCUT2D eigenvalue weighted by atomic mass is 9.67. The van der Waals surface area contributed by atoms with E-state index in [1.54, 1.807) is 0 Å². The zero-order valence-corrected chi connectivity index (χ0v) is 15.7. The molecule has 1 heterocycles. The van der Waals surface area contributed by atoms with Crippen molar-refractivity contribution in [3.05, 3.63) is 0 Å². The molecule has 6 heteroatoms. The van der Waals surface area contributed by atoms with Gasteiger partial charge in [0.05, 0.1) is 0 Å². The molecule has 0 aromatic rings. The summed E-state index contributed by atoms with van der Waals surface area (Å²) in [6.07, 6.45) is 7.43. The molecule has 3 fully saturated rings. The average molecular weight is 349 g/mol. The van der Waals surface area contributed by atoms with E-state index in [1.165, 1.54) is 0 Å². The van der Waals surface area contributed by atoms with Crippen molar-refractivity contribution in [2.24, 2.45) is 11.3 Å². The number of amides is 4. The Labute approximate surface area is 150 Å². The maximum atomic E-state index is 12.9. The Morgan fingerprint density at radius 1 is 1.16 bits per heavy atom. The number of rotatable bonds is 3. The summed E-state index contributed by atoms with van der Waals surface area (Å²) in [5, 5.41) is 5.85. The van der Waals surface area contributed by atoms with Gasteiger partial charge in [-0.3, -0.25) is 14.5 Å². The SMILES string of the molecule is CC(C)(C)C1CCC2(CC1)NC(=O)N(CC(=O)NC1CCCC1)C2=O. The normalized spacial score (nSPS) is 30.8. The van der Waals surface area contributed by atoms with Crippen molar-refractivity contribution in [1.82, 2.24) is 15.5 Å². The van der Waals surface area contributed by atoms with Crippen LogP contribution in [0, 0.1) is 11.3 Å². The van der Waals surface area contributed by atoms with Crippen LogP contribution in [0.3, 0.4) is 0 Å². The molecule has 2 N–H and O–H groups in total. The first-order valence-electron chi connectivity index (χ1n) is 9.65. The minimum atomic E-state index is -0.785. The fraction of sp³-hybridized carbons (Fsp3) is 0.842. The molecular weight excluding hydrogens is 318 g/mol. The first kappa shape index (κ1) is 18.2. The largest absolute Gasteiger partial charge is 0.352 e. The summed E-state index contributed by atoms with van der Waals surface area (Å²) >= 11 is 0. The third-order valence-electron chi connectivity index (χ3n) is 6.33. The van der Waals surface area contributed by atoms with Gasteiger partial charge in [-0.2, -0.15) is 0 Å². The van der Waals surface area contributed by atoms with E-state index >= 15 is 0 Å². The van der Waals surface area contributed by atoms with E-state index in [0.29, 0.717) is 18.8 Å². The predicted octanol–water partition coefficient (Wildman–Crippen LogP) is 2.57. The highest BCUT2D eigenvalue weighted by Crippen LogP contribution is 2.43. The summed E-state index contributed by atoms with van der Waals surface area (Å²) in [6, 6.07) is -0.217. The third-order valence-corrected chi connectivity index (χ3v) is 6.33. The van der Waals surface area contributed by atoms with Crippen LogP contribution in [0.5, 0.6) is 0 Å². The fourth-order valence-electron chi connectivity index (χ4n) is 4.62. The molecule has 140 valence electrons. The molecule has 1 spiro atoms. The number of hydrogen-bond donors (Lipinski definition) is 2. The molecule has 0 radical (unpaired) electrons. The van der Waals surface area contributed by atoms with Crippen molar-refractivity contribution in [3.63, 3.8) is 0 Å². The van der Waals surface area contributed by atoms with Gasteiger partial charge in [-0.1, -0.05) is 33.6 Å². The molecule has 3 aliphatic rings. The van der Waals surface area contributed by atoms with Crippen molar-refractivity contribution >= 4 is 17.8 Å². The van der Waals surface area contributed by atoms with Crippen molar-refractivity contribution in [1.29, 1.82) is 0 Å². The second-order valence-electron chi connectivity index (χ2n) is 9.09. The molecule has 0 aromatic carbocycles.